The van der Waals surface area contributed by atoms with Crippen molar-refractivity contribution in [3.8, 4) is 5.75 Å². The van der Waals surface area contributed by atoms with Gasteiger partial charge in [0.15, 0.2) is 0 Å². The fraction of sp³-hybridized carbons (Fsp3) is 0.760. The van der Waals surface area contributed by atoms with E-state index < -0.39 is 0 Å². The molecule has 4 heteroatoms. The predicted octanol–water partition coefficient (Wildman–Crippen LogP) is 7.44. The zero-order valence-corrected chi connectivity index (χ0v) is 20.8. The first-order valence-corrected chi connectivity index (χ1v) is 14.6. The lowest BCUT2D eigenvalue weighted by atomic mass is 9.85. The van der Waals surface area contributed by atoms with E-state index in [0.29, 0.717) is 5.75 Å². The van der Waals surface area contributed by atoms with Gasteiger partial charge in [-0.15, -0.1) is 0 Å². The van der Waals surface area contributed by atoms with Crippen molar-refractivity contribution < 1.29 is 5.11 Å². The highest BCUT2D eigenvalue weighted by Crippen LogP contribution is 2.55. The largest absolute Gasteiger partial charge is 0.508 e. The third-order valence-electron chi connectivity index (χ3n) is 6.75. The smallest absolute Gasteiger partial charge is 0.119 e. The highest BCUT2D eigenvalue weighted by Gasteiger charge is 2.46. The highest BCUT2D eigenvalue weighted by atomic mass is 32.2. The molecule has 4 heterocycles. The Hall–Kier alpha value is 0.0700. The van der Waals surface area contributed by atoms with Gasteiger partial charge in [-0.05, 0) is 54.7 Å². The van der Waals surface area contributed by atoms with Gasteiger partial charge in [-0.2, -0.15) is 35.3 Å². The molecule has 0 radical (unpaired) electrons. The van der Waals surface area contributed by atoms with Gasteiger partial charge in [0, 0.05) is 32.0 Å². The van der Waals surface area contributed by atoms with Crippen molar-refractivity contribution >= 4 is 35.3 Å². The predicted molar refractivity (Wildman–Crippen MR) is 134 cm³/mol. The van der Waals surface area contributed by atoms with Gasteiger partial charge in [0.2, 0.25) is 0 Å². The summed E-state index contributed by atoms with van der Waals surface area (Å²) in [6.07, 6.45) is 12.3. The van der Waals surface area contributed by atoms with E-state index in [2.05, 4.69) is 68.2 Å². The van der Waals surface area contributed by atoms with E-state index in [4.69, 9.17) is 0 Å². The molecule has 4 saturated heterocycles. The van der Waals surface area contributed by atoms with Crippen LogP contribution in [0.1, 0.15) is 83.3 Å². The molecule has 4 aliphatic rings. The van der Waals surface area contributed by atoms with Gasteiger partial charge in [-0.1, -0.05) is 58.6 Å². The topological polar surface area (TPSA) is 20.2 Å². The summed E-state index contributed by atoms with van der Waals surface area (Å²) in [6.45, 7) is 6.46. The molecule has 1 aromatic rings. The SMILES string of the molecule is CC(C)(C)c1ccc(CCCCCCCC2SC2CC2SCC3CC2S3)cc1O. The average Bonchev–Trinajstić information content (AvgIpc) is 3.37. The van der Waals surface area contributed by atoms with Gasteiger partial charge in [-0.25, -0.2) is 0 Å². The summed E-state index contributed by atoms with van der Waals surface area (Å²) in [5.41, 5.74) is 2.34. The molecule has 5 rings (SSSR count). The molecule has 5 unspecified atom stereocenters. The third kappa shape index (κ3) is 6.07. The van der Waals surface area contributed by atoms with Gasteiger partial charge < -0.3 is 5.11 Å². The van der Waals surface area contributed by atoms with Gasteiger partial charge >= 0.3 is 0 Å². The first-order chi connectivity index (χ1) is 13.9. The molecular formula is C25H38OS3. The normalized spacial score (nSPS) is 30.8. The summed E-state index contributed by atoms with van der Waals surface area (Å²) in [7, 11) is 0. The van der Waals surface area contributed by atoms with E-state index in [1.807, 2.05) is 6.07 Å². The zero-order valence-electron chi connectivity index (χ0n) is 18.4. The van der Waals surface area contributed by atoms with Gasteiger partial charge in [0.1, 0.15) is 5.75 Å². The van der Waals surface area contributed by atoms with Crippen LogP contribution in [-0.4, -0.2) is 37.1 Å². The number of aryl methyl sites for hydroxylation is 1. The number of unbranched alkanes of at least 4 members (excludes halogenated alkanes) is 4. The molecule has 1 aromatic carbocycles. The van der Waals surface area contributed by atoms with E-state index >= 15 is 0 Å². The quantitative estimate of drug-likeness (QED) is 0.295. The van der Waals surface area contributed by atoms with E-state index in [-0.39, 0.29) is 5.41 Å². The zero-order chi connectivity index (χ0) is 20.4. The summed E-state index contributed by atoms with van der Waals surface area (Å²) >= 11 is 6.83. The van der Waals surface area contributed by atoms with Crippen molar-refractivity contribution in [1.29, 1.82) is 0 Å². The third-order valence-corrected chi connectivity index (χ3v) is 11.8. The van der Waals surface area contributed by atoms with Crippen LogP contribution < -0.4 is 0 Å². The summed E-state index contributed by atoms with van der Waals surface area (Å²) in [4.78, 5) is 0. The summed E-state index contributed by atoms with van der Waals surface area (Å²) in [5.74, 6) is 1.89. The molecule has 29 heavy (non-hydrogen) atoms. The van der Waals surface area contributed by atoms with E-state index in [1.165, 1.54) is 62.7 Å². The second kappa shape index (κ2) is 9.69. The Morgan fingerprint density at radius 3 is 2.41 bits per heavy atom. The molecule has 0 saturated carbocycles. The number of hydrogen-bond acceptors (Lipinski definition) is 4. The van der Waals surface area contributed by atoms with Crippen LogP contribution in [0.4, 0.5) is 0 Å². The van der Waals surface area contributed by atoms with Crippen molar-refractivity contribution in [2.24, 2.45) is 0 Å². The fourth-order valence-electron chi connectivity index (χ4n) is 4.84. The molecule has 0 spiro atoms. The Balaban J connectivity index is 1.03. The molecule has 4 fully saturated rings. The number of phenols is 1. The average molecular weight is 451 g/mol. The molecule has 0 amide bonds. The second-order valence-electron chi connectivity index (χ2n) is 10.3. The minimum absolute atomic E-state index is 0.00986. The van der Waals surface area contributed by atoms with Gasteiger partial charge in [0.05, 0.1) is 0 Å². The van der Waals surface area contributed by atoms with Crippen molar-refractivity contribution in [2.75, 3.05) is 5.75 Å². The van der Waals surface area contributed by atoms with Gasteiger partial charge in [-0.3, -0.25) is 0 Å². The molecule has 4 aliphatic heterocycles. The molecular weight excluding hydrogens is 412 g/mol. The van der Waals surface area contributed by atoms with E-state index in [0.717, 1.165) is 38.2 Å². The van der Waals surface area contributed by atoms with Crippen LogP contribution >= 0.6 is 35.3 Å². The first kappa shape index (κ1) is 22.3. The summed E-state index contributed by atoms with van der Waals surface area (Å²) in [6, 6.07) is 6.30. The Bertz CT molecular complexity index is 674. The second-order valence-corrected chi connectivity index (χ2v) is 14.6. The van der Waals surface area contributed by atoms with Crippen LogP contribution in [0, 0.1) is 0 Å². The molecule has 0 aliphatic carbocycles. The van der Waals surface area contributed by atoms with Crippen LogP contribution in [0.15, 0.2) is 18.2 Å². The maximum Gasteiger partial charge on any atom is 0.119 e. The van der Waals surface area contributed by atoms with Crippen molar-refractivity contribution in [3.63, 3.8) is 0 Å². The van der Waals surface area contributed by atoms with Crippen molar-refractivity contribution in [2.45, 2.75) is 110 Å². The number of rotatable bonds is 10. The number of fused-ring (bicyclic) bond motifs is 2. The number of phenolic OH excluding ortho intramolecular Hbond substituents is 1. The molecule has 2 bridgehead atoms. The van der Waals surface area contributed by atoms with Crippen molar-refractivity contribution in [1.82, 2.24) is 0 Å². The first-order valence-electron chi connectivity index (χ1n) is 11.6. The Labute approximate surface area is 191 Å². The van der Waals surface area contributed by atoms with Crippen LogP contribution in [0.5, 0.6) is 5.75 Å². The highest BCUT2D eigenvalue weighted by molar-refractivity contribution is 8.09. The minimum atomic E-state index is 0.00986. The Kier molecular flexibility index (Phi) is 7.44. The maximum absolute atomic E-state index is 10.3. The summed E-state index contributed by atoms with van der Waals surface area (Å²) in [5, 5.41) is 15.3. The lowest BCUT2D eigenvalue weighted by Crippen LogP contribution is -2.42. The van der Waals surface area contributed by atoms with Crippen LogP contribution in [0.3, 0.4) is 0 Å². The van der Waals surface area contributed by atoms with Crippen LogP contribution in [-0.2, 0) is 11.8 Å². The Morgan fingerprint density at radius 1 is 0.966 bits per heavy atom. The number of aromatic hydroxyl groups is 1. The lowest BCUT2D eigenvalue weighted by Gasteiger charge is -2.45. The molecule has 1 nitrogen and oxygen atoms in total. The van der Waals surface area contributed by atoms with Gasteiger partial charge in [0.25, 0.3) is 0 Å². The Morgan fingerprint density at radius 2 is 1.72 bits per heavy atom. The molecule has 1 N–H and O–H groups in total. The molecule has 5 atom stereocenters. The fourth-order valence-corrected chi connectivity index (χ4v) is 9.52. The monoisotopic (exact) mass is 450 g/mol. The summed E-state index contributed by atoms with van der Waals surface area (Å²) < 4.78 is 0. The number of hydrogen-bond donors (Lipinski definition) is 1. The van der Waals surface area contributed by atoms with E-state index in [9.17, 15) is 5.11 Å². The van der Waals surface area contributed by atoms with E-state index in [1.54, 1.807) is 0 Å². The number of benzene rings is 1. The maximum atomic E-state index is 10.3. The molecule has 162 valence electrons. The van der Waals surface area contributed by atoms with Crippen LogP contribution in [0.2, 0.25) is 0 Å². The van der Waals surface area contributed by atoms with Crippen molar-refractivity contribution in [3.05, 3.63) is 29.3 Å². The molecule has 0 aromatic heterocycles. The lowest BCUT2D eigenvalue weighted by molar-refractivity contribution is 0.445. The standard InChI is InChI=1S/C25H38OS3/c1-25(2,3)19-12-11-17(13-20(19)26)9-7-5-4-6-8-10-21-24(29-21)15-22-23-14-18(28-23)16-27-22/h11-13,18,21-24,26H,4-10,14-16H2,1-3H3. The number of thioether (sulfide) groups is 3. The minimum Gasteiger partial charge on any atom is -0.508 e. The van der Waals surface area contributed by atoms with Crippen LogP contribution in [0.25, 0.3) is 0 Å².